The summed E-state index contributed by atoms with van der Waals surface area (Å²) >= 11 is 5.07. The standard InChI is InChI=1S/C15H15N3O2S/c19-13-8-6-12(7-9-13)14(20)17-18-15(21)16-10-11-4-2-1-3-5-11/h1-9,19H,10H2,(H,17,20)(H2,16,18,21). The van der Waals surface area contributed by atoms with Crippen LogP contribution in [0.3, 0.4) is 0 Å². The van der Waals surface area contributed by atoms with E-state index in [1.165, 1.54) is 24.3 Å². The highest BCUT2D eigenvalue weighted by molar-refractivity contribution is 7.80. The van der Waals surface area contributed by atoms with Gasteiger partial charge >= 0.3 is 0 Å². The molecule has 0 radical (unpaired) electrons. The summed E-state index contributed by atoms with van der Waals surface area (Å²) < 4.78 is 0. The van der Waals surface area contributed by atoms with E-state index in [-0.39, 0.29) is 11.7 Å². The van der Waals surface area contributed by atoms with Gasteiger partial charge in [0.2, 0.25) is 0 Å². The second-order valence-corrected chi connectivity index (χ2v) is 4.70. The van der Waals surface area contributed by atoms with Crippen molar-refractivity contribution < 1.29 is 9.90 Å². The molecule has 0 unspecified atom stereocenters. The Morgan fingerprint density at radius 3 is 2.33 bits per heavy atom. The summed E-state index contributed by atoms with van der Waals surface area (Å²) in [5.74, 6) is -0.224. The molecule has 5 nitrogen and oxygen atoms in total. The van der Waals surface area contributed by atoms with Crippen LogP contribution in [0.25, 0.3) is 0 Å². The average molecular weight is 301 g/mol. The number of carbonyl (C=O) groups excluding carboxylic acids is 1. The maximum Gasteiger partial charge on any atom is 0.269 e. The normalized spacial score (nSPS) is 9.71. The van der Waals surface area contributed by atoms with Crippen molar-refractivity contribution in [3.8, 4) is 5.75 Å². The van der Waals surface area contributed by atoms with E-state index in [2.05, 4.69) is 16.2 Å². The van der Waals surface area contributed by atoms with Gasteiger partial charge in [-0.1, -0.05) is 30.3 Å². The Balaban J connectivity index is 1.76. The Kier molecular flexibility index (Phi) is 5.11. The van der Waals surface area contributed by atoms with Crippen LogP contribution < -0.4 is 16.2 Å². The van der Waals surface area contributed by atoms with Crippen molar-refractivity contribution in [1.29, 1.82) is 0 Å². The van der Waals surface area contributed by atoms with E-state index in [0.717, 1.165) is 5.56 Å². The van der Waals surface area contributed by atoms with Crippen molar-refractivity contribution in [2.24, 2.45) is 0 Å². The van der Waals surface area contributed by atoms with Gasteiger partial charge in [-0.3, -0.25) is 15.6 Å². The Morgan fingerprint density at radius 1 is 1.00 bits per heavy atom. The number of hydrogen-bond acceptors (Lipinski definition) is 3. The molecule has 1 amide bonds. The Bertz CT molecular complexity index is 615. The molecule has 108 valence electrons. The lowest BCUT2D eigenvalue weighted by Gasteiger charge is -2.11. The van der Waals surface area contributed by atoms with Gasteiger partial charge in [0.15, 0.2) is 5.11 Å². The molecular weight excluding hydrogens is 286 g/mol. The van der Waals surface area contributed by atoms with Crippen LogP contribution in [0.15, 0.2) is 54.6 Å². The van der Waals surface area contributed by atoms with Crippen molar-refractivity contribution in [2.75, 3.05) is 0 Å². The van der Waals surface area contributed by atoms with E-state index >= 15 is 0 Å². The summed E-state index contributed by atoms with van der Waals surface area (Å²) in [5, 5.41) is 12.5. The molecule has 0 saturated carbocycles. The first-order valence-electron chi connectivity index (χ1n) is 6.32. The third-order valence-corrected chi connectivity index (χ3v) is 2.96. The second kappa shape index (κ2) is 7.25. The van der Waals surface area contributed by atoms with E-state index < -0.39 is 0 Å². The topological polar surface area (TPSA) is 73.4 Å². The fourth-order valence-corrected chi connectivity index (χ4v) is 1.74. The van der Waals surface area contributed by atoms with Gasteiger partial charge in [0, 0.05) is 12.1 Å². The number of rotatable bonds is 3. The van der Waals surface area contributed by atoms with Gasteiger partial charge in [0.05, 0.1) is 0 Å². The third-order valence-electron chi connectivity index (χ3n) is 2.71. The molecule has 0 spiro atoms. The molecule has 0 aromatic heterocycles. The van der Waals surface area contributed by atoms with Gasteiger partial charge in [-0.25, -0.2) is 0 Å². The quantitative estimate of drug-likeness (QED) is 0.513. The van der Waals surface area contributed by atoms with Crippen LogP contribution >= 0.6 is 12.2 Å². The molecule has 4 N–H and O–H groups in total. The molecule has 0 fully saturated rings. The van der Waals surface area contributed by atoms with Crippen LogP contribution in [0, 0.1) is 0 Å². The molecule has 0 heterocycles. The smallest absolute Gasteiger partial charge is 0.269 e. The summed E-state index contributed by atoms with van der Waals surface area (Å²) in [6, 6.07) is 15.7. The fraction of sp³-hybridized carbons (Fsp3) is 0.0667. The number of nitrogens with one attached hydrogen (secondary N) is 3. The predicted octanol–water partition coefficient (Wildman–Crippen LogP) is 1.70. The van der Waals surface area contributed by atoms with Gasteiger partial charge in [0.25, 0.3) is 5.91 Å². The van der Waals surface area contributed by atoms with Crippen molar-refractivity contribution >= 4 is 23.2 Å². The molecule has 2 aromatic rings. The molecule has 0 saturated heterocycles. The van der Waals surface area contributed by atoms with Crippen LogP contribution in [-0.4, -0.2) is 16.1 Å². The van der Waals surface area contributed by atoms with Crippen LogP contribution in [0.5, 0.6) is 5.75 Å². The summed E-state index contributed by atoms with van der Waals surface area (Å²) in [7, 11) is 0. The predicted molar refractivity (Wildman–Crippen MR) is 84.6 cm³/mol. The zero-order valence-corrected chi connectivity index (χ0v) is 12.0. The second-order valence-electron chi connectivity index (χ2n) is 4.29. The monoisotopic (exact) mass is 301 g/mol. The zero-order chi connectivity index (χ0) is 15.1. The molecule has 0 atom stereocenters. The van der Waals surface area contributed by atoms with E-state index in [9.17, 15) is 4.79 Å². The summed E-state index contributed by atoms with van der Waals surface area (Å²) in [6.07, 6.45) is 0. The van der Waals surface area contributed by atoms with Gasteiger partial charge < -0.3 is 10.4 Å². The number of hydrazine groups is 1. The van der Waals surface area contributed by atoms with Crippen LogP contribution in [0.2, 0.25) is 0 Å². The van der Waals surface area contributed by atoms with Gasteiger partial charge in [-0.05, 0) is 42.0 Å². The molecule has 6 heteroatoms. The number of benzene rings is 2. The Morgan fingerprint density at radius 2 is 1.67 bits per heavy atom. The molecule has 0 bridgehead atoms. The summed E-state index contributed by atoms with van der Waals surface area (Å²) in [4.78, 5) is 11.8. The number of thiocarbonyl (C=S) groups is 1. The molecule has 2 aromatic carbocycles. The lowest BCUT2D eigenvalue weighted by atomic mass is 10.2. The van der Waals surface area contributed by atoms with Crippen LogP contribution in [0.4, 0.5) is 0 Å². The van der Waals surface area contributed by atoms with E-state index in [1.807, 2.05) is 30.3 Å². The maximum atomic E-state index is 11.8. The lowest BCUT2D eigenvalue weighted by molar-refractivity contribution is 0.0943. The minimum Gasteiger partial charge on any atom is -0.508 e. The van der Waals surface area contributed by atoms with Gasteiger partial charge in [0.1, 0.15) is 5.75 Å². The Labute approximate surface area is 128 Å². The first-order valence-corrected chi connectivity index (χ1v) is 6.73. The molecule has 21 heavy (non-hydrogen) atoms. The largest absolute Gasteiger partial charge is 0.508 e. The lowest BCUT2D eigenvalue weighted by Crippen LogP contribution is -2.46. The third kappa shape index (κ3) is 4.77. The molecular formula is C15H15N3O2S. The maximum absolute atomic E-state index is 11.8. The van der Waals surface area contributed by atoms with Gasteiger partial charge in [-0.2, -0.15) is 0 Å². The number of phenols is 1. The highest BCUT2D eigenvalue weighted by atomic mass is 32.1. The molecule has 0 aliphatic rings. The van der Waals surface area contributed by atoms with Crippen LogP contribution in [0.1, 0.15) is 15.9 Å². The van der Waals surface area contributed by atoms with Crippen molar-refractivity contribution in [2.45, 2.75) is 6.54 Å². The number of amides is 1. The zero-order valence-electron chi connectivity index (χ0n) is 11.2. The number of carbonyl (C=O) groups is 1. The number of hydrogen-bond donors (Lipinski definition) is 4. The van der Waals surface area contributed by atoms with Crippen molar-refractivity contribution in [3.63, 3.8) is 0 Å². The minimum atomic E-state index is -0.334. The first kappa shape index (κ1) is 14.8. The van der Waals surface area contributed by atoms with Crippen molar-refractivity contribution in [1.82, 2.24) is 16.2 Å². The first-order chi connectivity index (χ1) is 10.1. The van der Waals surface area contributed by atoms with Crippen LogP contribution in [-0.2, 0) is 6.54 Å². The van der Waals surface area contributed by atoms with Gasteiger partial charge in [-0.15, -0.1) is 0 Å². The molecule has 0 aliphatic carbocycles. The van der Waals surface area contributed by atoms with Crippen molar-refractivity contribution in [3.05, 3.63) is 65.7 Å². The highest BCUT2D eigenvalue weighted by Gasteiger charge is 2.05. The summed E-state index contributed by atoms with van der Waals surface area (Å²) in [5.41, 5.74) is 6.62. The average Bonchev–Trinajstić information content (AvgIpc) is 2.52. The number of phenolic OH excluding ortho intramolecular Hbond substituents is 1. The van der Waals surface area contributed by atoms with E-state index in [4.69, 9.17) is 17.3 Å². The highest BCUT2D eigenvalue weighted by Crippen LogP contribution is 2.08. The Hall–Kier alpha value is -2.60. The SMILES string of the molecule is O=C(NNC(=S)NCc1ccccc1)c1ccc(O)cc1. The summed E-state index contributed by atoms with van der Waals surface area (Å²) in [6.45, 7) is 0.571. The molecule has 2 rings (SSSR count). The molecule has 0 aliphatic heterocycles. The van der Waals surface area contributed by atoms with E-state index in [1.54, 1.807) is 0 Å². The minimum absolute atomic E-state index is 0.111. The fourth-order valence-electron chi connectivity index (χ4n) is 1.62. The number of aromatic hydroxyl groups is 1. The van der Waals surface area contributed by atoms with E-state index in [0.29, 0.717) is 17.2 Å².